The Morgan fingerprint density at radius 3 is 2.65 bits per heavy atom. The van der Waals surface area contributed by atoms with Crippen molar-refractivity contribution in [3.8, 4) is 11.5 Å². The van der Waals surface area contributed by atoms with Crippen molar-refractivity contribution >= 4 is 34.8 Å². The highest BCUT2D eigenvalue weighted by atomic mass is 35.5. The van der Waals surface area contributed by atoms with Gasteiger partial charge in [-0.05, 0) is 48.5 Å². The summed E-state index contributed by atoms with van der Waals surface area (Å²) in [5.74, 6) is 0.857. The number of carbonyl (C=O) groups is 1. The van der Waals surface area contributed by atoms with Crippen LogP contribution < -0.4 is 0 Å². The lowest BCUT2D eigenvalue weighted by molar-refractivity contribution is 0.102. The van der Waals surface area contributed by atoms with Crippen LogP contribution in [0, 0.1) is 0 Å². The summed E-state index contributed by atoms with van der Waals surface area (Å²) in [6.07, 6.45) is 1.69. The fraction of sp³-hybridized carbons (Fsp3) is 0.0556. The van der Waals surface area contributed by atoms with E-state index in [1.807, 2.05) is 30.3 Å². The fourth-order valence-corrected chi connectivity index (χ4v) is 3.24. The van der Waals surface area contributed by atoms with E-state index in [-0.39, 0.29) is 11.5 Å². The van der Waals surface area contributed by atoms with Crippen LogP contribution in [-0.2, 0) is 0 Å². The van der Waals surface area contributed by atoms with Gasteiger partial charge in [0.1, 0.15) is 10.7 Å². The molecule has 128 valence electrons. The lowest BCUT2D eigenvalue weighted by Gasteiger charge is -2.03. The number of aromatic nitrogens is 5. The van der Waals surface area contributed by atoms with Gasteiger partial charge < -0.3 is 0 Å². The maximum absolute atomic E-state index is 12.3. The largest absolute Gasteiger partial charge is 0.293 e. The normalized spacial score (nSPS) is 11.0. The average molecular weight is 382 g/mol. The first-order valence-electron chi connectivity index (χ1n) is 7.76. The first-order valence-corrected chi connectivity index (χ1v) is 9.12. The van der Waals surface area contributed by atoms with Crippen molar-refractivity contribution in [2.75, 3.05) is 5.75 Å². The zero-order valence-corrected chi connectivity index (χ0v) is 15.0. The Morgan fingerprint density at radius 2 is 1.88 bits per heavy atom. The third-order valence-corrected chi connectivity index (χ3v) is 4.82. The minimum atomic E-state index is 0.0160. The Morgan fingerprint density at radius 1 is 1.04 bits per heavy atom. The highest BCUT2D eigenvalue weighted by molar-refractivity contribution is 7.99. The number of hydrogen-bond donors (Lipinski definition) is 0. The van der Waals surface area contributed by atoms with Crippen molar-refractivity contribution < 1.29 is 4.79 Å². The summed E-state index contributed by atoms with van der Waals surface area (Å²) in [7, 11) is 0. The van der Waals surface area contributed by atoms with Crippen molar-refractivity contribution in [2.24, 2.45) is 0 Å². The van der Waals surface area contributed by atoms with Crippen molar-refractivity contribution in [1.29, 1.82) is 0 Å². The lowest BCUT2D eigenvalue weighted by atomic mass is 10.1. The number of halogens is 1. The molecule has 0 amide bonds. The molecule has 0 aliphatic rings. The zero-order chi connectivity index (χ0) is 17.9. The van der Waals surface area contributed by atoms with E-state index in [0.717, 1.165) is 0 Å². The van der Waals surface area contributed by atoms with Gasteiger partial charge in [-0.2, -0.15) is 9.61 Å². The Labute approximate surface area is 158 Å². The summed E-state index contributed by atoms with van der Waals surface area (Å²) in [4.78, 5) is 16.6. The van der Waals surface area contributed by atoms with Crippen molar-refractivity contribution in [3.63, 3.8) is 0 Å². The van der Waals surface area contributed by atoms with Crippen LogP contribution in [0.1, 0.15) is 10.4 Å². The molecule has 0 unspecified atom stereocenters. The van der Waals surface area contributed by atoms with E-state index in [9.17, 15) is 4.79 Å². The van der Waals surface area contributed by atoms with Crippen molar-refractivity contribution in [1.82, 2.24) is 24.8 Å². The van der Waals surface area contributed by atoms with Crippen LogP contribution in [0.25, 0.3) is 17.2 Å². The summed E-state index contributed by atoms with van der Waals surface area (Å²) < 4.78 is 1.64. The minimum absolute atomic E-state index is 0.0160. The third kappa shape index (κ3) is 3.44. The van der Waals surface area contributed by atoms with Crippen LogP contribution in [0.15, 0.2) is 65.8 Å². The van der Waals surface area contributed by atoms with E-state index < -0.39 is 0 Å². The highest BCUT2D eigenvalue weighted by Gasteiger charge is 2.12. The molecule has 0 bridgehead atoms. The number of Topliss-reactive ketones (excluding diaryl/α,β-unsaturated/α-hetero) is 1. The van der Waals surface area contributed by atoms with E-state index in [1.165, 1.54) is 11.8 Å². The molecular weight excluding hydrogens is 370 g/mol. The smallest absolute Gasteiger partial charge is 0.203 e. The summed E-state index contributed by atoms with van der Waals surface area (Å²) in [6, 6.07) is 16.1. The quantitative estimate of drug-likeness (QED) is 0.386. The fourth-order valence-electron chi connectivity index (χ4n) is 2.36. The molecule has 6 nitrogen and oxygen atoms in total. The molecule has 0 fully saturated rings. The number of carbonyl (C=O) groups excluding carboxylic acids is 1. The molecule has 0 radical (unpaired) electrons. The average Bonchev–Trinajstić information content (AvgIpc) is 3.10. The molecule has 0 saturated carbocycles. The summed E-state index contributed by atoms with van der Waals surface area (Å²) >= 11 is 7.21. The van der Waals surface area contributed by atoms with E-state index in [2.05, 4.69) is 20.3 Å². The van der Waals surface area contributed by atoms with Crippen LogP contribution in [0.4, 0.5) is 0 Å². The predicted molar refractivity (Wildman–Crippen MR) is 101 cm³/mol. The number of thioether (sulfide) groups is 1. The molecule has 0 N–H and O–H groups in total. The van der Waals surface area contributed by atoms with Gasteiger partial charge in [-0.25, -0.2) is 0 Å². The molecule has 0 saturated heterocycles. The molecule has 4 rings (SSSR count). The maximum atomic E-state index is 12.3. The number of ketones is 1. The lowest BCUT2D eigenvalue weighted by Crippen LogP contribution is -2.03. The van der Waals surface area contributed by atoms with Crippen molar-refractivity contribution in [3.05, 3.63) is 71.4 Å². The third-order valence-electron chi connectivity index (χ3n) is 3.65. The van der Waals surface area contributed by atoms with E-state index in [4.69, 9.17) is 11.6 Å². The second-order valence-electron chi connectivity index (χ2n) is 5.40. The van der Waals surface area contributed by atoms with Gasteiger partial charge in [0.15, 0.2) is 11.4 Å². The molecule has 0 atom stereocenters. The molecule has 4 aromatic rings. The van der Waals surface area contributed by atoms with Crippen LogP contribution >= 0.6 is 23.4 Å². The number of rotatable bonds is 5. The van der Waals surface area contributed by atoms with Gasteiger partial charge in [0.05, 0.1) is 5.75 Å². The van der Waals surface area contributed by atoms with E-state index in [0.29, 0.717) is 32.8 Å². The molecule has 26 heavy (non-hydrogen) atoms. The number of fused-ring (bicyclic) bond motifs is 1. The number of benzene rings is 1. The van der Waals surface area contributed by atoms with Crippen molar-refractivity contribution in [2.45, 2.75) is 5.03 Å². The molecule has 0 aliphatic heterocycles. The van der Waals surface area contributed by atoms with Gasteiger partial charge in [-0.1, -0.05) is 29.4 Å². The molecule has 3 heterocycles. The molecule has 8 heteroatoms. The Bertz CT molecular complexity index is 1070. The molecule has 0 aliphatic carbocycles. The van der Waals surface area contributed by atoms with Gasteiger partial charge in [0.2, 0.25) is 5.82 Å². The van der Waals surface area contributed by atoms with Gasteiger partial charge in [-0.15, -0.1) is 10.2 Å². The SMILES string of the molecule is O=C(CSc1ccc2nnc(-c3ccccn3)n2n1)c1ccc(Cl)cc1. The Hall–Kier alpha value is -2.77. The molecular formula is C18H12ClN5OS. The highest BCUT2D eigenvalue weighted by Crippen LogP contribution is 2.20. The van der Waals surface area contributed by atoms with Gasteiger partial charge in [0.25, 0.3) is 0 Å². The zero-order valence-electron chi connectivity index (χ0n) is 13.4. The van der Waals surface area contributed by atoms with E-state index >= 15 is 0 Å². The first-order chi connectivity index (χ1) is 12.7. The maximum Gasteiger partial charge on any atom is 0.203 e. The first kappa shape index (κ1) is 16.7. The standard InChI is InChI=1S/C18H12ClN5OS/c19-13-6-4-12(5-7-13)15(25)11-26-17-9-8-16-21-22-18(24(16)23-17)14-3-1-2-10-20-14/h1-10H,11H2. The summed E-state index contributed by atoms with van der Waals surface area (Å²) in [5, 5.41) is 14.1. The molecule has 3 aromatic heterocycles. The Balaban J connectivity index is 1.56. The number of pyridine rings is 1. The molecule has 1 aromatic carbocycles. The second kappa shape index (κ2) is 7.23. The Kier molecular flexibility index (Phi) is 4.64. The van der Waals surface area contributed by atoms with Gasteiger partial charge in [0, 0.05) is 16.8 Å². The van der Waals surface area contributed by atoms with E-state index in [1.54, 1.807) is 35.0 Å². The van der Waals surface area contributed by atoms with Gasteiger partial charge in [-0.3, -0.25) is 9.78 Å². The second-order valence-corrected chi connectivity index (χ2v) is 6.83. The predicted octanol–water partition coefficient (Wildman–Crippen LogP) is 3.81. The molecule has 0 spiro atoms. The number of hydrogen-bond acceptors (Lipinski definition) is 6. The van der Waals surface area contributed by atoms with Gasteiger partial charge >= 0.3 is 0 Å². The minimum Gasteiger partial charge on any atom is -0.293 e. The summed E-state index contributed by atoms with van der Waals surface area (Å²) in [6.45, 7) is 0. The summed E-state index contributed by atoms with van der Waals surface area (Å²) in [5.41, 5.74) is 1.94. The van der Waals surface area contributed by atoms with Crippen LogP contribution in [0.3, 0.4) is 0 Å². The van der Waals surface area contributed by atoms with Crippen LogP contribution in [0.5, 0.6) is 0 Å². The monoisotopic (exact) mass is 381 g/mol. The van der Waals surface area contributed by atoms with Crippen LogP contribution in [-0.4, -0.2) is 36.3 Å². The topological polar surface area (TPSA) is 73.0 Å². The number of nitrogens with zero attached hydrogens (tertiary/aromatic N) is 5. The van der Waals surface area contributed by atoms with Crippen LogP contribution in [0.2, 0.25) is 5.02 Å².